The monoisotopic (exact) mass is 425 g/mol. The molecule has 2 heterocycles. The highest BCUT2D eigenvalue weighted by Gasteiger charge is 2.40. The first kappa shape index (κ1) is 24.8. The Balaban J connectivity index is 0.000000428. The molecular formula is C11H16N5O11P. The first-order chi connectivity index (χ1) is 12.7. The number of aliphatic carboxylic acids is 3. The standard InChI is InChI=1S/C6H8O7.C5H5N5.H3O4P/c7-3(8)1-6(13,5(11)12)2-4(9)10;6-4-3-5(9-1-7-3)10-2-8-4;1-5(2,3)4/h13H,1-2H2,(H,7,8)(H,9,10)(H,11,12);1-2H,(H3,6,7,8,9,10);(H3,1,2,3,4). The van der Waals surface area contributed by atoms with E-state index in [1.807, 2.05) is 0 Å². The van der Waals surface area contributed by atoms with Gasteiger partial charge in [0, 0.05) is 0 Å². The number of phosphoric acid groups is 1. The number of nitrogens with one attached hydrogen (secondary N) is 1. The molecule has 28 heavy (non-hydrogen) atoms. The maximum absolute atomic E-state index is 10.3. The van der Waals surface area contributed by atoms with Crippen molar-refractivity contribution in [3.8, 4) is 0 Å². The number of carbonyl (C=O) groups is 3. The Morgan fingerprint density at radius 3 is 1.86 bits per heavy atom. The third kappa shape index (κ3) is 10.1. The van der Waals surface area contributed by atoms with Gasteiger partial charge >= 0.3 is 25.7 Å². The summed E-state index contributed by atoms with van der Waals surface area (Å²) in [7, 11) is -4.64. The van der Waals surface area contributed by atoms with Gasteiger partial charge < -0.3 is 45.8 Å². The normalized spacial score (nSPS) is 10.9. The summed E-state index contributed by atoms with van der Waals surface area (Å²) in [5.41, 5.74) is 4.03. The van der Waals surface area contributed by atoms with E-state index in [2.05, 4.69) is 19.9 Å². The van der Waals surface area contributed by atoms with E-state index in [9.17, 15) is 14.4 Å². The van der Waals surface area contributed by atoms with Crippen LogP contribution in [0.4, 0.5) is 5.82 Å². The molecule has 0 aliphatic rings. The summed E-state index contributed by atoms with van der Waals surface area (Å²) < 4.78 is 8.88. The van der Waals surface area contributed by atoms with E-state index < -0.39 is 44.2 Å². The minimum atomic E-state index is -4.64. The fraction of sp³-hybridized carbons (Fsp3) is 0.273. The Morgan fingerprint density at radius 2 is 1.50 bits per heavy atom. The molecule has 0 spiro atoms. The fourth-order valence-corrected chi connectivity index (χ4v) is 1.50. The molecule has 0 aliphatic heterocycles. The van der Waals surface area contributed by atoms with E-state index in [1.165, 1.54) is 12.7 Å². The highest BCUT2D eigenvalue weighted by Crippen LogP contribution is 2.25. The van der Waals surface area contributed by atoms with Gasteiger partial charge in [-0.05, 0) is 0 Å². The maximum atomic E-state index is 10.3. The molecule has 2 aromatic rings. The Hall–Kier alpha value is -3.17. The lowest BCUT2D eigenvalue weighted by atomic mass is 9.96. The van der Waals surface area contributed by atoms with Gasteiger partial charge in [0.25, 0.3) is 0 Å². The smallest absolute Gasteiger partial charge is 0.466 e. The van der Waals surface area contributed by atoms with Crippen LogP contribution in [0.3, 0.4) is 0 Å². The van der Waals surface area contributed by atoms with Crippen LogP contribution in [0.1, 0.15) is 12.8 Å². The zero-order valence-corrected chi connectivity index (χ0v) is 14.6. The summed E-state index contributed by atoms with van der Waals surface area (Å²) in [6.07, 6.45) is 0.648. The van der Waals surface area contributed by atoms with Crippen molar-refractivity contribution in [1.82, 2.24) is 19.9 Å². The average molecular weight is 425 g/mol. The molecular weight excluding hydrogens is 409 g/mol. The van der Waals surface area contributed by atoms with E-state index in [4.69, 9.17) is 45.4 Å². The van der Waals surface area contributed by atoms with Crippen molar-refractivity contribution in [3.63, 3.8) is 0 Å². The van der Waals surface area contributed by atoms with Gasteiger partial charge in [0.15, 0.2) is 17.1 Å². The van der Waals surface area contributed by atoms with Gasteiger partial charge in [-0.2, -0.15) is 0 Å². The maximum Gasteiger partial charge on any atom is 0.466 e. The fourth-order valence-electron chi connectivity index (χ4n) is 1.50. The number of aromatic nitrogens is 4. The Bertz CT molecular complexity index is 854. The number of carboxylic acid groups (broad SMARTS) is 3. The van der Waals surface area contributed by atoms with Crippen molar-refractivity contribution in [2.24, 2.45) is 0 Å². The predicted molar refractivity (Wildman–Crippen MR) is 87.5 cm³/mol. The number of aliphatic hydroxyl groups is 1. The van der Waals surface area contributed by atoms with Crippen molar-refractivity contribution in [3.05, 3.63) is 12.7 Å². The number of fused-ring (bicyclic) bond motifs is 1. The summed E-state index contributed by atoms with van der Waals surface area (Å²) in [4.78, 5) is 66.4. The van der Waals surface area contributed by atoms with Crippen molar-refractivity contribution in [2.75, 3.05) is 5.73 Å². The average Bonchev–Trinajstić information content (AvgIpc) is 2.94. The zero-order valence-electron chi connectivity index (χ0n) is 13.7. The number of rotatable bonds is 5. The van der Waals surface area contributed by atoms with Crippen molar-refractivity contribution >= 4 is 42.7 Å². The Labute approximate surface area is 154 Å². The van der Waals surface area contributed by atoms with Crippen LogP contribution in [-0.2, 0) is 18.9 Å². The van der Waals surface area contributed by atoms with Crippen LogP contribution in [0.25, 0.3) is 11.2 Å². The lowest BCUT2D eigenvalue weighted by Crippen LogP contribution is -2.42. The van der Waals surface area contributed by atoms with E-state index in [0.717, 1.165) is 0 Å². The molecule has 0 saturated carbocycles. The van der Waals surface area contributed by atoms with Gasteiger partial charge in [-0.3, -0.25) is 9.59 Å². The number of nitrogen functional groups attached to an aromatic ring is 1. The summed E-state index contributed by atoms with van der Waals surface area (Å²) in [6.45, 7) is 0. The van der Waals surface area contributed by atoms with Crippen LogP contribution in [0.2, 0.25) is 0 Å². The van der Waals surface area contributed by atoms with Crippen LogP contribution in [0.15, 0.2) is 12.7 Å². The minimum absolute atomic E-state index is 0.409. The molecule has 0 unspecified atom stereocenters. The molecule has 2 aromatic heterocycles. The number of anilines is 1. The summed E-state index contributed by atoms with van der Waals surface area (Å²) in [6, 6.07) is 0. The van der Waals surface area contributed by atoms with Gasteiger partial charge in [0.05, 0.1) is 19.2 Å². The number of hydrogen-bond donors (Lipinski definition) is 9. The van der Waals surface area contributed by atoms with Crippen LogP contribution < -0.4 is 5.73 Å². The first-order valence-corrected chi connectivity index (χ1v) is 8.29. The predicted octanol–water partition coefficient (Wildman–Crippen LogP) is -2.24. The summed E-state index contributed by atoms with van der Waals surface area (Å²) in [5.74, 6) is -4.61. The molecule has 16 nitrogen and oxygen atoms in total. The van der Waals surface area contributed by atoms with E-state index in [1.54, 1.807) is 0 Å². The Morgan fingerprint density at radius 1 is 1.04 bits per heavy atom. The molecule has 0 radical (unpaired) electrons. The number of H-pyrrole nitrogens is 1. The van der Waals surface area contributed by atoms with E-state index in [0.29, 0.717) is 17.0 Å². The van der Waals surface area contributed by atoms with Gasteiger partial charge in [-0.25, -0.2) is 24.3 Å². The molecule has 0 bridgehead atoms. The van der Waals surface area contributed by atoms with Gasteiger partial charge in [0.1, 0.15) is 11.8 Å². The molecule has 0 fully saturated rings. The lowest BCUT2D eigenvalue weighted by molar-refractivity contribution is -0.170. The van der Waals surface area contributed by atoms with Crippen LogP contribution >= 0.6 is 7.82 Å². The highest BCUT2D eigenvalue weighted by molar-refractivity contribution is 7.45. The summed E-state index contributed by atoms with van der Waals surface area (Å²) >= 11 is 0. The van der Waals surface area contributed by atoms with Crippen LogP contribution in [0, 0.1) is 0 Å². The molecule has 10 N–H and O–H groups in total. The minimum Gasteiger partial charge on any atom is -0.481 e. The van der Waals surface area contributed by atoms with Crippen molar-refractivity contribution < 1.29 is 54.1 Å². The molecule has 156 valence electrons. The number of nitrogens with two attached hydrogens (primary N) is 1. The van der Waals surface area contributed by atoms with Gasteiger partial charge in [-0.15, -0.1) is 0 Å². The molecule has 0 atom stereocenters. The zero-order chi connectivity index (χ0) is 22.1. The largest absolute Gasteiger partial charge is 0.481 e. The van der Waals surface area contributed by atoms with Crippen LogP contribution in [-0.4, -0.2) is 78.6 Å². The quantitative estimate of drug-likeness (QED) is 0.229. The topological polar surface area (TPSA) is 290 Å². The number of carboxylic acids is 3. The molecule has 0 aromatic carbocycles. The molecule has 0 saturated heterocycles. The second-order valence-corrected chi connectivity index (χ2v) is 5.88. The SMILES string of the molecule is Nc1ncnc2[nH]cnc12.O=C(O)CC(O)(CC(=O)O)C(=O)O.O=P(O)(O)O. The molecule has 2 rings (SSSR count). The number of imidazole rings is 1. The Kier molecular flexibility index (Phi) is 9.08. The number of aromatic amines is 1. The number of nitrogens with zero attached hydrogens (tertiary/aromatic N) is 3. The van der Waals surface area contributed by atoms with Crippen LogP contribution in [0.5, 0.6) is 0 Å². The van der Waals surface area contributed by atoms with E-state index in [-0.39, 0.29) is 0 Å². The van der Waals surface area contributed by atoms with Gasteiger partial charge in [-0.1, -0.05) is 0 Å². The summed E-state index contributed by atoms with van der Waals surface area (Å²) in [5, 5.41) is 33.8. The molecule has 17 heteroatoms. The second-order valence-electron chi connectivity index (χ2n) is 4.85. The van der Waals surface area contributed by atoms with Crippen molar-refractivity contribution in [1.29, 1.82) is 0 Å². The molecule has 0 aliphatic carbocycles. The highest BCUT2D eigenvalue weighted by atomic mass is 31.2. The number of hydrogen-bond acceptors (Lipinski definition) is 9. The van der Waals surface area contributed by atoms with E-state index >= 15 is 0 Å². The molecule has 0 amide bonds. The second kappa shape index (κ2) is 10.2. The van der Waals surface area contributed by atoms with Crippen molar-refractivity contribution in [2.45, 2.75) is 18.4 Å². The van der Waals surface area contributed by atoms with Gasteiger partial charge in [0.2, 0.25) is 0 Å². The third-order valence-corrected chi connectivity index (χ3v) is 2.53. The first-order valence-electron chi connectivity index (χ1n) is 6.73. The lowest BCUT2D eigenvalue weighted by Gasteiger charge is -2.18. The third-order valence-electron chi connectivity index (χ3n) is 2.53.